The fourth-order valence-corrected chi connectivity index (χ4v) is 5.24. The molecule has 0 saturated carbocycles. The zero-order chi connectivity index (χ0) is 20.6. The Balaban J connectivity index is 1.18. The zero-order valence-electron chi connectivity index (χ0n) is 17.8. The lowest BCUT2D eigenvalue weighted by molar-refractivity contribution is 0.0971. The van der Waals surface area contributed by atoms with Crippen molar-refractivity contribution in [2.24, 2.45) is 0 Å². The molecule has 4 heterocycles. The standard InChI is InChI=1S/C25H29N3O3/c1-2-5-21-20(4-1)26-25(23-6-3-13-29-23)28(21)19-9-11-27(12-10-19)17-18-7-8-22-24(16-18)31-15-14-30-22/h1-2,4-5,7-8,16,19,23H,3,6,9-15,17H2/t23-/m0/s1. The van der Waals surface area contributed by atoms with E-state index in [1.54, 1.807) is 0 Å². The Hall–Kier alpha value is -2.57. The first-order valence-corrected chi connectivity index (χ1v) is 11.5. The average molecular weight is 420 g/mol. The smallest absolute Gasteiger partial charge is 0.161 e. The number of aromatic nitrogens is 2. The minimum absolute atomic E-state index is 0.142. The predicted molar refractivity (Wildman–Crippen MR) is 119 cm³/mol. The van der Waals surface area contributed by atoms with Crippen LogP contribution in [0.15, 0.2) is 42.5 Å². The predicted octanol–water partition coefficient (Wildman–Crippen LogP) is 4.50. The third kappa shape index (κ3) is 3.68. The molecule has 0 bridgehead atoms. The fraction of sp³-hybridized carbons (Fsp3) is 0.480. The molecule has 2 aromatic carbocycles. The van der Waals surface area contributed by atoms with Crippen LogP contribution in [-0.4, -0.2) is 47.4 Å². The van der Waals surface area contributed by atoms with Gasteiger partial charge in [-0.05, 0) is 55.5 Å². The second-order valence-corrected chi connectivity index (χ2v) is 8.82. The van der Waals surface area contributed by atoms with Gasteiger partial charge in [0.2, 0.25) is 0 Å². The van der Waals surface area contributed by atoms with E-state index in [0.29, 0.717) is 19.3 Å². The van der Waals surface area contributed by atoms with Gasteiger partial charge >= 0.3 is 0 Å². The Morgan fingerprint density at radius 1 is 0.903 bits per heavy atom. The van der Waals surface area contributed by atoms with Crippen molar-refractivity contribution in [1.29, 1.82) is 0 Å². The summed E-state index contributed by atoms with van der Waals surface area (Å²) in [4.78, 5) is 7.54. The second kappa shape index (κ2) is 8.17. The molecule has 0 N–H and O–H groups in total. The van der Waals surface area contributed by atoms with E-state index in [-0.39, 0.29) is 6.10 Å². The zero-order valence-corrected chi connectivity index (χ0v) is 17.8. The Labute approximate surface area is 182 Å². The maximum absolute atomic E-state index is 6.03. The summed E-state index contributed by atoms with van der Waals surface area (Å²) in [6, 6.07) is 15.4. The van der Waals surface area contributed by atoms with Gasteiger partial charge in [0.15, 0.2) is 11.5 Å². The number of para-hydroxylation sites is 2. The molecule has 3 aromatic rings. The van der Waals surface area contributed by atoms with Crippen molar-refractivity contribution in [3.05, 3.63) is 53.9 Å². The van der Waals surface area contributed by atoms with Crippen LogP contribution in [0.2, 0.25) is 0 Å². The largest absolute Gasteiger partial charge is 0.486 e. The van der Waals surface area contributed by atoms with Gasteiger partial charge < -0.3 is 18.8 Å². The number of piperidine rings is 1. The fourth-order valence-electron chi connectivity index (χ4n) is 5.24. The van der Waals surface area contributed by atoms with Crippen molar-refractivity contribution in [1.82, 2.24) is 14.5 Å². The first-order chi connectivity index (χ1) is 15.3. The first kappa shape index (κ1) is 19.1. The first-order valence-electron chi connectivity index (χ1n) is 11.5. The van der Waals surface area contributed by atoms with E-state index in [1.807, 2.05) is 6.07 Å². The molecule has 3 aliphatic rings. The molecule has 6 rings (SSSR count). The van der Waals surface area contributed by atoms with E-state index in [0.717, 1.165) is 74.8 Å². The van der Waals surface area contributed by atoms with Crippen LogP contribution in [0.5, 0.6) is 11.5 Å². The van der Waals surface area contributed by atoms with Gasteiger partial charge in [-0.3, -0.25) is 4.90 Å². The normalized spacial score (nSPS) is 22.3. The Morgan fingerprint density at radius 2 is 1.74 bits per heavy atom. The van der Waals surface area contributed by atoms with Gasteiger partial charge in [0, 0.05) is 32.3 Å². The van der Waals surface area contributed by atoms with E-state index in [1.165, 1.54) is 11.1 Å². The van der Waals surface area contributed by atoms with E-state index in [4.69, 9.17) is 19.2 Å². The van der Waals surface area contributed by atoms with Crippen molar-refractivity contribution in [3.8, 4) is 11.5 Å². The molecular weight excluding hydrogens is 390 g/mol. The number of imidazole rings is 1. The van der Waals surface area contributed by atoms with E-state index < -0.39 is 0 Å². The van der Waals surface area contributed by atoms with Crippen molar-refractivity contribution < 1.29 is 14.2 Å². The number of ether oxygens (including phenoxy) is 3. The van der Waals surface area contributed by atoms with Crippen LogP contribution in [0.4, 0.5) is 0 Å². The molecule has 0 unspecified atom stereocenters. The van der Waals surface area contributed by atoms with Crippen molar-refractivity contribution in [3.63, 3.8) is 0 Å². The molecular formula is C25H29N3O3. The Bertz CT molecular complexity index is 1070. The molecule has 2 saturated heterocycles. The molecule has 0 amide bonds. The summed E-state index contributed by atoms with van der Waals surface area (Å²) in [5, 5.41) is 0. The van der Waals surface area contributed by atoms with Gasteiger partial charge in [0.05, 0.1) is 11.0 Å². The molecule has 2 fully saturated rings. The highest BCUT2D eigenvalue weighted by Crippen LogP contribution is 2.36. The van der Waals surface area contributed by atoms with Crippen molar-refractivity contribution in [2.45, 2.75) is 44.4 Å². The summed E-state index contributed by atoms with van der Waals surface area (Å²) in [5.74, 6) is 2.87. The maximum atomic E-state index is 6.03. The van der Waals surface area contributed by atoms with E-state index >= 15 is 0 Å². The number of hydrogen-bond acceptors (Lipinski definition) is 5. The summed E-state index contributed by atoms with van der Waals surface area (Å²) in [7, 11) is 0. The molecule has 6 nitrogen and oxygen atoms in total. The van der Waals surface area contributed by atoms with Crippen LogP contribution in [0.3, 0.4) is 0 Å². The molecule has 0 aliphatic carbocycles. The molecule has 6 heteroatoms. The van der Waals surface area contributed by atoms with Crippen LogP contribution >= 0.6 is 0 Å². The highest BCUT2D eigenvalue weighted by Gasteiger charge is 2.30. The summed E-state index contributed by atoms with van der Waals surface area (Å²) in [6.07, 6.45) is 4.60. The molecule has 162 valence electrons. The number of rotatable bonds is 4. The lowest BCUT2D eigenvalue weighted by Gasteiger charge is -2.34. The highest BCUT2D eigenvalue weighted by atomic mass is 16.6. The summed E-state index contributed by atoms with van der Waals surface area (Å²) in [5.41, 5.74) is 3.63. The van der Waals surface area contributed by atoms with Crippen LogP contribution < -0.4 is 9.47 Å². The van der Waals surface area contributed by atoms with Crippen LogP contribution in [-0.2, 0) is 11.3 Å². The number of hydrogen-bond donors (Lipinski definition) is 0. The van der Waals surface area contributed by atoms with Gasteiger partial charge in [-0.15, -0.1) is 0 Å². The molecule has 3 aliphatic heterocycles. The molecule has 0 spiro atoms. The lowest BCUT2D eigenvalue weighted by Crippen LogP contribution is -2.34. The average Bonchev–Trinajstić information content (AvgIpc) is 3.48. The van der Waals surface area contributed by atoms with Gasteiger partial charge in [-0.1, -0.05) is 18.2 Å². The quantitative estimate of drug-likeness (QED) is 0.623. The monoisotopic (exact) mass is 419 g/mol. The molecule has 1 atom stereocenters. The van der Waals surface area contributed by atoms with Gasteiger partial charge in [0.25, 0.3) is 0 Å². The topological polar surface area (TPSA) is 48.8 Å². The third-order valence-electron chi connectivity index (χ3n) is 6.78. The van der Waals surface area contributed by atoms with Gasteiger partial charge in [-0.2, -0.15) is 0 Å². The summed E-state index contributed by atoms with van der Waals surface area (Å²) < 4.78 is 19.9. The Morgan fingerprint density at radius 3 is 2.58 bits per heavy atom. The Kier molecular flexibility index (Phi) is 5.04. The van der Waals surface area contributed by atoms with E-state index in [9.17, 15) is 0 Å². The molecule has 0 radical (unpaired) electrons. The summed E-state index contributed by atoms with van der Waals surface area (Å²) >= 11 is 0. The van der Waals surface area contributed by atoms with Crippen molar-refractivity contribution in [2.75, 3.05) is 32.9 Å². The number of likely N-dealkylation sites (tertiary alicyclic amines) is 1. The highest BCUT2D eigenvalue weighted by molar-refractivity contribution is 5.76. The number of benzene rings is 2. The number of nitrogens with zero attached hydrogens (tertiary/aromatic N) is 3. The third-order valence-corrected chi connectivity index (χ3v) is 6.78. The van der Waals surface area contributed by atoms with Crippen LogP contribution in [0.25, 0.3) is 11.0 Å². The van der Waals surface area contributed by atoms with Crippen LogP contribution in [0, 0.1) is 0 Å². The second-order valence-electron chi connectivity index (χ2n) is 8.82. The SMILES string of the molecule is c1ccc2c(c1)nc([C@@H]1CCCO1)n2C1CCN(Cc2ccc3c(c2)OCCO3)CC1. The van der Waals surface area contributed by atoms with E-state index in [2.05, 4.69) is 45.9 Å². The van der Waals surface area contributed by atoms with Crippen molar-refractivity contribution >= 4 is 11.0 Å². The molecule has 1 aromatic heterocycles. The lowest BCUT2D eigenvalue weighted by atomic mass is 10.0. The molecule has 31 heavy (non-hydrogen) atoms. The summed E-state index contributed by atoms with van der Waals surface area (Å²) in [6.45, 7) is 5.23. The van der Waals surface area contributed by atoms with Gasteiger partial charge in [-0.25, -0.2) is 4.98 Å². The minimum Gasteiger partial charge on any atom is -0.486 e. The maximum Gasteiger partial charge on any atom is 0.161 e. The minimum atomic E-state index is 0.142. The van der Waals surface area contributed by atoms with Gasteiger partial charge in [0.1, 0.15) is 25.1 Å². The number of fused-ring (bicyclic) bond motifs is 2. The van der Waals surface area contributed by atoms with Crippen LogP contribution in [0.1, 0.15) is 49.2 Å².